The van der Waals surface area contributed by atoms with Crippen LogP contribution in [0.25, 0.3) is 0 Å². The summed E-state index contributed by atoms with van der Waals surface area (Å²) in [6, 6.07) is 2.30. The van der Waals surface area contributed by atoms with E-state index in [1.807, 2.05) is 0 Å². The summed E-state index contributed by atoms with van der Waals surface area (Å²) in [4.78, 5) is 4.77. The Kier molecular flexibility index (Phi) is 3.22. The zero-order valence-corrected chi connectivity index (χ0v) is 11.1. The van der Waals surface area contributed by atoms with Crippen molar-refractivity contribution in [3.05, 3.63) is 28.6 Å². The molecule has 0 aliphatic rings. The Labute approximate surface area is 93.9 Å². The molecule has 0 amide bonds. The van der Waals surface area contributed by atoms with E-state index >= 15 is 0 Å². The van der Waals surface area contributed by atoms with Crippen LogP contribution in [-0.4, -0.2) is 4.98 Å². The van der Waals surface area contributed by atoms with Gasteiger partial charge in [-0.15, -0.1) is 0 Å². The average molecular weight is 205 g/mol. The summed E-state index contributed by atoms with van der Waals surface area (Å²) in [5, 5.41) is 0. The Hall–Kier alpha value is -0.850. The molecule has 0 aliphatic carbocycles. The first-order valence-corrected chi connectivity index (χ1v) is 5.72. The topological polar surface area (TPSA) is 12.9 Å². The smallest absolute Gasteiger partial charge is 0.0489 e. The van der Waals surface area contributed by atoms with Crippen molar-refractivity contribution in [3.8, 4) is 0 Å². The van der Waals surface area contributed by atoms with Gasteiger partial charge in [0.1, 0.15) is 0 Å². The van der Waals surface area contributed by atoms with E-state index in [0.29, 0.717) is 5.92 Å². The first-order valence-electron chi connectivity index (χ1n) is 5.72. The third kappa shape index (κ3) is 2.58. The van der Waals surface area contributed by atoms with Crippen LogP contribution in [0, 0.1) is 13.8 Å². The lowest BCUT2D eigenvalue weighted by molar-refractivity contribution is 0.560. The molecule has 0 atom stereocenters. The summed E-state index contributed by atoms with van der Waals surface area (Å²) in [7, 11) is 0. The molecule has 1 aromatic rings. The van der Waals surface area contributed by atoms with Crippen LogP contribution in [0.3, 0.4) is 0 Å². The van der Waals surface area contributed by atoms with Crippen LogP contribution in [0.15, 0.2) is 6.07 Å². The Morgan fingerprint density at radius 2 is 1.67 bits per heavy atom. The van der Waals surface area contributed by atoms with Crippen LogP contribution in [0.2, 0.25) is 0 Å². The predicted octanol–water partition coefficient (Wildman–Crippen LogP) is 4.12. The van der Waals surface area contributed by atoms with Gasteiger partial charge in [0, 0.05) is 16.8 Å². The van der Waals surface area contributed by atoms with Crippen molar-refractivity contribution in [2.24, 2.45) is 0 Å². The summed E-state index contributed by atoms with van der Waals surface area (Å²) in [5.41, 5.74) is 5.24. The Morgan fingerprint density at radius 3 is 2.07 bits per heavy atom. The number of pyridine rings is 1. The van der Waals surface area contributed by atoms with Gasteiger partial charge in [0.05, 0.1) is 0 Å². The number of aromatic nitrogens is 1. The van der Waals surface area contributed by atoms with Gasteiger partial charge in [0.25, 0.3) is 0 Å². The minimum atomic E-state index is 0.143. The number of hydrogen-bond acceptors (Lipinski definition) is 1. The molecule has 0 radical (unpaired) electrons. The van der Waals surface area contributed by atoms with Gasteiger partial charge in [-0.25, -0.2) is 0 Å². The minimum Gasteiger partial charge on any atom is -0.257 e. The van der Waals surface area contributed by atoms with Gasteiger partial charge in [0.15, 0.2) is 0 Å². The third-order valence-corrected chi connectivity index (χ3v) is 2.78. The van der Waals surface area contributed by atoms with Crippen molar-refractivity contribution in [1.82, 2.24) is 4.98 Å². The molecule has 84 valence electrons. The lowest BCUT2D eigenvalue weighted by Gasteiger charge is -2.23. The van der Waals surface area contributed by atoms with Gasteiger partial charge in [-0.05, 0) is 30.9 Å². The molecule has 1 heteroatoms. The van der Waals surface area contributed by atoms with Crippen LogP contribution in [0.1, 0.15) is 63.1 Å². The van der Waals surface area contributed by atoms with Gasteiger partial charge >= 0.3 is 0 Å². The molecule has 1 heterocycles. The van der Waals surface area contributed by atoms with Crippen molar-refractivity contribution in [2.75, 3.05) is 0 Å². The zero-order chi connectivity index (χ0) is 11.8. The molecule has 0 saturated carbocycles. The largest absolute Gasteiger partial charge is 0.257 e. The van der Waals surface area contributed by atoms with E-state index in [2.05, 4.69) is 54.5 Å². The van der Waals surface area contributed by atoms with Crippen molar-refractivity contribution in [3.63, 3.8) is 0 Å². The first-order chi connectivity index (χ1) is 6.73. The van der Waals surface area contributed by atoms with Gasteiger partial charge in [0.2, 0.25) is 0 Å². The molecular formula is C14H23N. The van der Waals surface area contributed by atoms with Gasteiger partial charge in [-0.2, -0.15) is 0 Å². The second-order valence-electron chi connectivity index (χ2n) is 5.73. The van der Waals surface area contributed by atoms with Crippen LogP contribution >= 0.6 is 0 Å². The first kappa shape index (κ1) is 12.2. The second-order valence-corrected chi connectivity index (χ2v) is 5.73. The monoisotopic (exact) mass is 205 g/mol. The van der Waals surface area contributed by atoms with E-state index < -0.39 is 0 Å². The van der Waals surface area contributed by atoms with Crippen molar-refractivity contribution in [2.45, 2.75) is 59.8 Å². The minimum absolute atomic E-state index is 0.143. The van der Waals surface area contributed by atoms with Crippen molar-refractivity contribution in [1.29, 1.82) is 0 Å². The fourth-order valence-electron chi connectivity index (χ4n) is 2.07. The van der Waals surface area contributed by atoms with Gasteiger partial charge < -0.3 is 0 Å². The highest BCUT2D eigenvalue weighted by atomic mass is 14.7. The number of rotatable bonds is 1. The van der Waals surface area contributed by atoms with Crippen LogP contribution in [0.4, 0.5) is 0 Å². The molecule has 0 aliphatic heterocycles. The fourth-order valence-corrected chi connectivity index (χ4v) is 2.07. The van der Waals surface area contributed by atoms with Crippen LogP contribution in [-0.2, 0) is 5.41 Å². The molecule has 1 nitrogen and oxygen atoms in total. The second kappa shape index (κ2) is 3.96. The molecule has 0 spiro atoms. The maximum Gasteiger partial charge on any atom is 0.0489 e. The fraction of sp³-hybridized carbons (Fsp3) is 0.643. The van der Waals surface area contributed by atoms with E-state index in [-0.39, 0.29) is 5.41 Å². The molecule has 0 fully saturated rings. The molecule has 15 heavy (non-hydrogen) atoms. The molecular weight excluding hydrogens is 182 g/mol. The highest BCUT2D eigenvalue weighted by Gasteiger charge is 2.19. The predicted molar refractivity (Wildman–Crippen MR) is 66.5 cm³/mol. The SMILES string of the molecule is Cc1cc(C(C)C)c(C)nc1C(C)(C)C. The Morgan fingerprint density at radius 1 is 1.13 bits per heavy atom. The quantitative estimate of drug-likeness (QED) is 0.672. The van der Waals surface area contributed by atoms with Crippen molar-refractivity contribution < 1.29 is 0 Å². The van der Waals surface area contributed by atoms with Crippen molar-refractivity contribution >= 4 is 0 Å². The maximum atomic E-state index is 4.77. The zero-order valence-electron chi connectivity index (χ0n) is 11.1. The Bertz CT molecular complexity index is 356. The van der Waals surface area contributed by atoms with E-state index in [1.54, 1.807) is 0 Å². The highest BCUT2D eigenvalue weighted by molar-refractivity contribution is 5.34. The van der Waals surface area contributed by atoms with Crippen LogP contribution in [0.5, 0.6) is 0 Å². The summed E-state index contributed by atoms with van der Waals surface area (Å²) in [6.07, 6.45) is 0. The molecule has 0 N–H and O–H groups in total. The third-order valence-electron chi connectivity index (χ3n) is 2.78. The summed E-state index contributed by atoms with van der Waals surface area (Å²) in [5.74, 6) is 0.560. The molecule has 0 saturated heterocycles. The van der Waals surface area contributed by atoms with E-state index in [9.17, 15) is 0 Å². The number of aryl methyl sites for hydroxylation is 2. The van der Waals surface area contributed by atoms with Gasteiger partial charge in [-0.1, -0.05) is 40.7 Å². The Balaban J connectivity index is 3.32. The standard InChI is InChI=1S/C14H23N/c1-9(2)12-8-10(3)13(14(5,6)7)15-11(12)4/h8-9H,1-7H3. The molecule has 1 rings (SSSR count). The lowest BCUT2D eigenvalue weighted by atomic mass is 9.87. The summed E-state index contributed by atoms with van der Waals surface area (Å²) < 4.78 is 0. The summed E-state index contributed by atoms with van der Waals surface area (Å²) >= 11 is 0. The normalized spacial score (nSPS) is 12.3. The lowest BCUT2D eigenvalue weighted by Crippen LogP contribution is -2.17. The van der Waals surface area contributed by atoms with Crippen LogP contribution < -0.4 is 0 Å². The van der Waals surface area contributed by atoms with E-state index in [0.717, 1.165) is 0 Å². The van der Waals surface area contributed by atoms with Gasteiger partial charge in [-0.3, -0.25) is 4.98 Å². The highest BCUT2D eigenvalue weighted by Crippen LogP contribution is 2.27. The van der Waals surface area contributed by atoms with E-state index in [4.69, 9.17) is 4.98 Å². The average Bonchev–Trinajstić information content (AvgIpc) is 2.06. The maximum absolute atomic E-state index is 4.77. The molecule has 0 bridgehead atoms. The molecule has 0 unspecified atom stereocenters. The molecule has 0 aromatic carbocycles. The van der Waals surface area contributed by atoms with E-state index in [1.165, 1.54) is 22.5 Å². The summed E-state index contributed by atoms with van der Waals surface area (Å²) in [6.45, 7) is 15.4. The molecule has 1 aromatic heterocycles. The number of nitrogens with zero attached hydrogens (tertiary/aromatic N) is 1. The number of hydrogen-bond donors (Lipinski definition) is 0.